The standard InChI is InChI=1S/C21H31N3O3S.K/c1-21(2,3)13-24-11-16(12-24)28(26,27)23-20(25)22-19-17-8-4-6-14(17)10-15-7-5-9-18(15)19;/h10,16H,4-9,11-13H2,1-3H3,(H2,22,23,25);/q;+1/p-1. The molecule has 154 valence electrons. The Kier molecular flexibility index (Phi) is 7.26. The summed E-state index contributed by atoms with van der Waals surface area (Å²) in [6.45, 7) is 8.13. The summed E-state index contributed by atoms with van der Waals surface area (Å²) in [4.78, 5) is 14.6. The van der Waals surface area contributed by atoms with Crippen molar-refractivity contribution in [2.45, 2.75) is 64.5 Å². The van der Waals surface area contributed by atoms with Crippen molar-refractivity contribution in [2.24, 2.45) is 5.41 Å². The van der Waals surface area contributed by atoms with E-state index < -0.39 is 21.3 Å². The quantitative estimate of drug-likeness (QED) is 0.693. The van der Waals surface area contributed by atoms with Gasteiger partial charge in [-0.15, -0.1) is 0 Å². The molecule has 0 radical (unpaired) electrons. The number of hydrogen-bond donors (Lipinski definition) is 1. The SMILES string of the molecule is CC(C)(C)CN1CC(S(=O)(=O)[N-]C(=O)Nc2c3c(cc4c2CCC4)CCC3)C1.[K+]. The maximum absolute atomic E-state index is 12.5. The fraction of sp³-hybridized carbons (Fsp3) is 0.667. The number of rotatable bonds is 4. The minimum absolute atomic E-state index is 0. The van der Waals surface area contributed by atoms with E-state index >= 15 is 0 Å². The fourth-order valence-electron chi connectivity index (χ4n) is 4.80. The molecule has 1 fully saturated rings. The molecule has 1 heterocycles. The number of nitrogens with one attached hydrogen (secondary N) is 1. The molecular formula is C21H30KN3O3S. The molecule has 29 heavy (non-hydrogen) atoms. The molecule has 1 aromatic rings. The second kappa shape index (κ2) is 8.88. The number of nitrogens with zero attached hydrogens (tertiary/aromatic N) is 2. The summed E-state index contributed by atoms with van der Waals surface area (Å²) in [7, 11) is -3.79. The van der Waals surface area contributed by atoms with Crippen molar-refractivity contribution in [2.75, 3.05) is 25.0 Å². The van der Waals surface area contributed by atoms with Crippen LogP contribution >= 0.6 is 0 Å². The molecule has 0 bridgehead atoms. The number of sulfonamides is 1. The first kappa shape index (κ1) is 23.7. The predicted molar refractivity (Wildman–Crippen MR) is 111 cm³/mol. The van der Waals surface area contributed by atoms with Crippen molar-refractivity contribution < 1.29 is 64.6 Å². The number of carbonyl (C=O) groups is 1. The fourth-order valence-corrected chi connectivity index (χ4v) is 6.02. The zero-order valence-corrected chi connectivity index (χ0v) is 22.0. The number of benzene rings is 1. The van der Waals surface area contributed by atoms with Crippen LogP contribution in [0.4, 0.5) is 10.5 Å². The van der Waals surface area contributed by atoms with Crippen LogP contribution in [-0.4, -0.2) is 44.2 Å². The van der Waals surface area contributed by atoms with E-state index in [1.54, 1.807) is 0 Å². The van der Waals surface area contributed by atoms with Crippen LogP contribution in [0, 0.1) is 5.41 Å². The van der Waals surface area contributed by atoms with Gasteiger partial charge in [0.2, 0.25) is 0 Å². The number of urea groups is 1. The van der Waals surface area contributed by atoms with Gasteiger partial charge in [0.25, 0.3) is 0 Å². The van der Waals surface area contributed by atoms with Gasteiger partial charge in [-0.05, 0) is 71.9 Å². The van der Waals surface area contributed by atoms with Gasteiger partial charge in [-0.1, -0.05) is 26.8 Å². The van der Waals surface area contributed by atoms with E-state index in [0.29, 0.717) is 13.1 Å². The molecule has 2 aliphatic carbocycles. The summed E-state index contributed by atoms with van der Waals surface area (Å²) in [5, 5.41) is 2.28. The zero-order chi connectivity index (χ0) is 20.1. The third-order valence-electron chi connectivity index (χ3n) is 5.96. The molecule has 1 saturated heterocycles. The van der Waals surface area contributed by atoms with Crippen LogP contribution < -0.4 is 56.7 Å². The van der Waals surface area contributed by atoms with E-state index in [0.717, 1.165) is 50.8 Å². The van der Waals surface area contributed by atoms with Gasteiger partial charge in [0.15, 0.2) is 16.1 Å². The number of anilines is 1. The van der Waals surface area contributed by atoms with Crippen molar-refractivity contribution >= 4 is 21.7 Å². The van der Waals surface area contributed by atoms with E-state index in [4.69, 9.17) is 0 Å². The Morgan fingerprint density at radius 3 is 2.17 bits per heavy atom. The molecule has 1 N–H and O–H groups in total. The number of likely N-dealkylation sites (tertiary alicyclic amines) is 1. The second-order valence-electron chi connectivity index (χ2n) is 9.65. The second-order valence-corrected chi connectivity index (χ2v) is 11.5. The Labute approximate surface area is 217 Å². The summed E-state index contributed by atoms with van der Waals surface area (Å²) in [5.41, 5.74) is 5.93. The van der Waals surface area contributed by atoms with Crippen molar-refractivity contribution in [1.82, 2.24) is 4.90 Å². The predicted octanol–water partition coefficient (Wildman–Crippen LogP) is 0.634. The Morgan fingerprint density at radius 1 is 1.10 bits per heavy atom. The van der Waals surface area contributed by atoms with Gasteiger partial charge in [-0.2, -0.15) is 0 Å². The number of aryl methyl sites for hydroxylation is 2. The van der Waals surface area contributed by atoms with Gasteiger partial charge in [-0.3, -0.25) is 4.79 Å². The Morgan fingerprint density at radius 2 is 1.66 bits per heavy atom. The monoisotopic (exact) mass is 443 g/mol. The minimum Gasteiger partial charge on any atom is -0.423 e. The van der Waals surface area contributed by atoms with Gasteiger partial charge < -0.3 is 14.9 Å². The third kappa shape index (κ3) is 5.27. The summed E-state index contributed by atoms with van der Waals surface area (Å²) >= 11 is 0. The van der Waals surface area contributed by atoms with E-state index in [1.807, 2.05) is 0 Å². The van der Waals surface area contributed by atoms with Crippen molar-refractivity contribution in [3.05, 3.63) is 33.0 Å². The maximum atomic E-state index is 12.5. The zero-order valence-electron chi connectivity index (χ0n) is 18.0. The summed E-state index contributed by atoms with van der Waals surface area (Å²) < 4.78 is 28.7. The number of amides is 2. The summed E-state index contributed by atoms with van der Waals surface area (Å²) in [5.74, 6) is 0. The molecule has 0 aromatic heterocycles. The average Bonchev–Trinajstić information content (AvgIpc) is 3.17. The summed E-state index contributed by atoms with van der Waals surface area (Å²) in [6.07, 6.45) is 6.12. The molecular weight excluding hydrogens is 413 g/mol. The Bertz CT molecular complexity index is 870. The van der Waals surface area contributed by atoms with E-state index in [9.17, 15) is 13.2 Å². The molecule has 4 rings (SSSR count). The number of hydrogen-bond acceptors (Lipinski definition) is 4. The Balaban J connectivity index is 0.00000240. The van der Waals surface area contributed by atoms with Crippen LogP contribution in [0.1, 0.15) is 55.9 Å². The first-order chi connectivity index (χ1) is 13.1. The van der Waals surface area contributed by atoms with Gasteiger partial charge in [0, 0.05) is 19.6 Å². The molecule has 0 spiro atoms. The first-order valence-corrected chi connectivity index (χ1v) is 11.8. The Hall–Kier alpha value is 0.0364. The van der Waals surface area contributed by atoms with Gasteiger partial charge in [0.05, 0.1) is 5.25 Å². The van der Waals surface area contributed by atoms with Crippen LogP contribution in [0.3, 0.4) is 0 Å². The first-order valence-electron chi connectivity index (χ1n) is 10.3. The molecule has 1 aromatic carbocycles. The normalized spacial score (nSPS) is 19.1. The van der Waals surface area contributed by atoms with Gasteiger partial charge in [-0.25, -0.2) is 8.42 Å². The molecule has 6 nitrogen and oxygen atoms in total. The van der Waals surface area contributed by atoms with Gasteiger partial charge in [0.1, 0.15) is 0 Å². The topological polar surface area (TPSA) is 80.6 Å². The van der Waals surface area contributed by atoms with Crippen LogP contribution in [-0.2, 0) is 35.7 Å². The summed E-state index contributed by atoms with van der Waals surface area (Å²) in [6, 6.07) is 1.54. The molecule has 0 saturated carbocycles. The van der Waals surface area contributed by atoms with Crippen LogP contribution in [0.25, 0.3) is 4.72 Å². The maximum Gasteiger partial charge on any atom is 1.00 e. The van der Waals surface area contributed by atoms with Crippen LogP contribution in [0.15, 0.2) is 6.07 Å². The molecule has 0 unspecified atom stereocenters. The number of fused-ring (bicyclic) bond motifs is 2. The molecule has 8 heteroatoms. The molecule has 0 atom stereocenters. The number of carbonyl (C=O) groups excluding carboxylic acids is 1. The smallest absolute Gasteiger partial charge is 0.423 e. The van der Waals surface area contributed by atoms with Crippen molar-refractivity contribution in [3.63, 3.8) is 0 Å². The molecule has 3 aliphatic rings. The molecule has 2 amide bonds. The van der Waals surface area contributed by atoms with Crippen LogP contribution in [0.2, 0.25) is 0 Å². The van der Waals surface area contributed by atoms with E-state index in [-0.39, 0.29) is 56.8 Å². The molecule has 1 aliphatic heterocycles. The van der Waals surface area contributed by atoms with Crippen LogP contribution in [0.5, 0.6) is 0 Å². The average molecular weight is 444 g/mol. The van der Waals surface area contributed by atoms with Crippen molar-refractivity contribution in [3.8, 4) is 0 Å². The third-order valence-corrected chi connectivity index (χ3v) is 7.52. The van der Waals surface area contributed by atoms with Crippen molar-refractivity contribution in [1.29, 1.82) is 0 Å². The van der Waals surface area contributed by atoms with Gasteiger partial charge >= 0.3 is 51.4 Å². The minimum atomic E-state index is -3.79. The largest absolute Gasteiger partial charge is 1.00 e. The van der Waals surface area contributed by atoms with E-state index in [2.05, 4.69) is 41.8 Å². The van der Waals surface area contributed by atoms with E-state index in [1.165, 1.54) is 22.3 Å².